The molecule has 0 spiro atoms. The van der Waals surface area contributed by atoms with Gasteiger partial charge in [-0.1, -0.05) is 5.92 Å². The first-order valence-corrected chi connectivity index (χ1v) is 3.46. The van der Waals surface area contributed by atoms with Crippen molar-refractivity contribution in [2.45, 2.75) is 6.04 Å². The van der Waals surface area contributed by atoms with E-state index in [-0.39, 0.29) is 6.04 Å². The molecule has 1 unspecified atom stereocenters. The summed E-state index contributed by atoms with van der Waals surface area (Å²) in [5, 5.41) is 4.09. The van der Waals surface area contributed by atoms with Crippen molar-refractivity contribution in [3.63, 3.8) is 0 Å². The number of rotatable bonds is 1. The van der Waals surface area contributed by atoms with Crippen LogP contribution in [0.25, 0.3) is 0 Å². The van der Waals surface area contributed by atoms with Gasteiger partial charge in [0.1, 0.15) is 0 Å². The zero-order valence-corrected chi connectivity index (χ0v) is 5.96. The predicted octanol–water partition coefficient (Wildman–Crippen LogP) is 0.300. The number of hydrogen-bond acceptors (Lipinski definition) is 3. The lowest BCUT2D eigenvalue weighted by Crippen LogP contribution is -2.11. The molecule has 1 heterocycles. The third-order valence-corrected chi connectivity index (χ3v) is 1.97. The van der Waals surface area contributed by atoms with Gasteiger partial charge in [-0.25, -0.2) is 4.72 Å². The van der Waals surface area contributed by atoms with E-state index >= 15 is 0 Å². The molecule has 48 valence electrons. The zero-order chi connectivity index (χ0) is 6.69. The SMILES string of the molecule is C#CC1C=C(NC)SN1. The highest BCUT2D eigenvalue weighted by Crippen LogP contribution is 2.16. The first kappa shape index (κ1) is 6.53. The average Bonchev–Trinajstić information content (AvgIpc) is 2.34. The maximum Gasteiger partial charge on any atom is 0.0994 e. The van der Waals surface area contributed by atoms with Crippen molar-refractivity contribution in [3.8, 4) is 12.3 Å². The van der Waals surface area contributed by atoms with Crippen molar-refractivity contribution in [1.29, 1.82) is 0 Å². The average molecular weight is 140 g/mol. The Morgan fingerprint density at radius 2 is 2.78 bits per heavy atom. The van der Waals surface area contributed by atoms with Gasteiger partial charge in [-0.3, -0.25) is 0 Å². The van der Waals surface area contributed by atoms with Crippen molar-refractivity contribution in [2.24, 2.45) is 0 Å². The molecule has 0 aliphatic carbocycles. The minimum atomic E-state index is 0.0949. The maximum atomic E-state index is 5.15. The van der Waals surface area contributed by atoms with Crippen LogP contribution < -0.4 is 10.0 Å². The van der Waals surface area contributed by atoms with Crippen molar-refractivity contribution in [3.05, 3.63) is 11.1 Å². The molecule has 0 radical (unpaired) electrons. The molecular weight excluding hydrogens is 132 g/mol. The van der Waals surface area contributed by atoms with Crippen molar-refractivity contribution in [2.75, 3.05) is 7.05 Å². The van der Waals surface area contributed by atoms with Gasteiger partial charge in [0, 0.05) is 7.05 Å². The number of nitrogens with one attached hydrogen (secondary N) is 2. The molecule has 0 saturated heterocycles. The highest BCUT2D eigenvalue weighted by molar-refractivity contribution is 8.01. The van der Waals surface area contributed by atoms with E-state index in [2.05, 4.69) is 16.0 Å². The van der Waals surface area contributed by atoms with Crippen LogP contribution in [-0.4, -0.2) is 13.1 Å². The predicted molar refractivity (Wildman–Crippen MR) is 40.5 cm³/mol. The van der Waals surface area contributed by atoms with E-state index in [1.165, 1.54) is 11.9 Å². The minimum Gasteiger partial charge on any atom is -0.382 e. The quantitative estimate of drug-likeness (QED) is 0.404. The van der Waals surface area contributed by atoms with Crippen LogP contribution in [0.1, 0.15) is 0 Å². The Morgan fingerprint density at radius 1 is 2.00 bits per heavy atom. The molecule has 1 atom stereocenters. The van der Waals surface area contributed by atoms with E-state index < -0.39 is 0 Å². The summed E-state index contributed by atoms with van der Waals surface area (Å²) in [5.74, 6) is 2.58. The van der Waals surface area contributed by atoms with Gasteiger partial charge in [0.15, 0.2) is 0 Å². The van der Waals surface area contributed by atoms with Crippen molar-refractivity contribution >= 4 is 11.9 Å². The van der Waals surface area contributed by atoms with Gasteiger partial charge in [0.2, 0.25) is 0 Å². The second-order valence-corrected chi connectivity index (χ2v) is 2.52. The lowest BCUT2D eigenvalue weighted by molar-refractivity contribution is 0.984. The number of terminal acetylenes is 1. The molecule has 0 aromatic rings. The lowest BCUT2D eigenvalue weighted by atomic mass is 10.3. The van der Waals surface area contributed by atoms with Gasteiger partial charge in [-0.05, 0) is 18.0 Å². The van der Waals surface area contributed by atoms with Gasteiger partial charge < -0.3 is 5.32 Å². The largest absolute Gasteiger partial charge is 0.382 e. The Morgan fingerprint density at radius 3 is 3.11 bits per heavy atom. The van der Waals surface area contributed by atoms with Gasteiger partial charge in [0.25, 0.3) is 0 Å². The summed E-state index contributed by atoms with van der Waals surface area (Å²) >= 11 is 1.53. The molecule has 1 aliphatic rings. The van der Waals surface area contributed by atoms with Gasteiger partial charge in [0.05, 0.1) is 11.1 Å². The highest BCUT2D eigenvalue weighted by Gasteiger charge is 2.10. The summed E-state index contributed by atoms with van der Waals surface area (Å²) in [6.45, 7) is 0. The van der Waals surface area contributed by atoms with Crippen LogP contribution >= 0.6 is 11.9 Å². The van der Waals surface area contributed by atoms with Crippen molar-refractivity contribution < 1.29 is 0 Å². The van der Waals surface area contributed by atoms with Crippen LogP contribution in [0.5, 0.6) is 0 Å². The van der Waals surface area contributed by atoms with E-state index in [1.807, 2.05) is 13.1 Å². The van der Waals surface area contributed by atoms with Crippen LogP contribution in [0.2, 0.25) is 0 Å². The molecule has 0 saturated carbocycles. The fraction of sp³-hybridized carbons (Fsp3) is 0.333. The van der Waals surface area contributed by atoms with E-state index in [0.717, 1.165) is 5.03 Å². The monoisotopic (exact) mass is 140 g/mol. The minimum absolute atomic E-state index is 0.0949. The second-order valence-electron chi connectivity index (χ2n) is 1.65. The summed E-state index contributed by atoms with van der Waals surface area (Å²) in [4.78, 5) is 0. The van der Waals surface area contributed by atoms with E-state index in [1.54, 1.807) is 0 Å². The smallest absolute Gasteiger partial charge is 0.0994 e. The highest BCUT2D eigenvalue weighted by atomic mass is 32.2. The topological polar surface area (TPSA) is 24.1 Å². The fourth-order valence-corrected chi connectivity index (χ4v) is 1.26. The van der Waals surface area contributed by atoms with Crippen LogP contribution in [-0.2, 0) is 0 Å². The van der Waals surface area contributed by atoms with Crippen molar-refractivity contribution in [1.82, 2.24) is 10.0 Å². The Hall–Kier alpha value is -0.590. The van der Waals surface area contributed by atoms with Gasteiger partial charge in [-0.2, -0.15) is 0 Å². The molecular formula is C6H8N2S. The van der Waals surface area contributed by atoms with Gasteiger partial charge >= 0.3 is 0 Å². The Balaban J connectivity index is 2.52. The zero-order valence-electron chi connectivity index (χ0n) is 5.14. The molecule has 0 aromatic heterocycles. The molecule has 0 aromatic carbocycles. The number of hydrogen-bond donors (Lipinski definition) is 2. The second kappa shape index (κ2) is 2.81. The normalized spacial score (nSPS) is 24.9. The Bertz CT molecular complexity index is 168. The maximum absolute atomic E-state index is 5.15. The molecule has 9 heavy (non-hydrogen) atoms. The molecule has 0 bridgehead atoms. The molecule has 1 aliphatic heterocycles. The Kier molecular flexibility index (Phi) is 2.04. The molecule has 3 heteroatoms. The van der Waals surface area contributed by atoms with E-state index in [4.69, 9.17) is 6.42 Å². The van der Waals surface area contributed by atoms with Crippen LogP contribution in [0.4, 0.5) is 0 Å². The fourth-order valence-electron chi connectivity index (χ4n) is 0.563. The molecule has 2 N–H and O–H groups in total. The van der Waals surface area contributed by atoms with Crippen LogP contribution in [0.3, 0.4) is 0 Å². The summed E-state index contributed by atoms with van der Waals surface area (Å²) in [6, 6.07) is 0.0949. The molecule has 0 amide bonds. The van der Waals surface area contributed by atoms with Gasteiger partial charge in [-0.15, -0.1) is 6.42 Å². The third kappa shape index (κ3) is 1.41. The Labute approximate surface area is 59.2 Å². The van der Waals surface area contributed by atoms with E-state index in [9.17, 15) is 0 Å². The first-order valence-electron chi connectivity index (χ1n) is 2.65. The van der Waals surface area contributed by atoms with Crippen LogP contribution in [0.15, 0.2) is 11.1 Å². The molecule has 0 fully saturated rings. The summed E-state index contributed by atoms with van der Waals surface area (Å²) < 4.78 is 3.03. The molecule has 2 nitrogen and oxygen atoms in total. The molecule has 1 rings (SSSR count). The standard InChI is InChI=1S/C6H8N2S/c1-3-5-4-6(7-2)9-8-5/h1,4-5,7-8H,2H3. The lowest BCUT2D eigenvalue weighted by Gasteiger charge is -1.94. The summed E-state index contributed by atoms with van der Waals surface area (Å²) in [5.41, 5.74) is 0. The first-order chi connectivity index (χ1) is 4.36. The van der Waals surface area contributed by atoms with E-state index in [0.29, 0.717) is 0 Å². The summed E-state index contributed by atoms with van der Waals surface area (Å²) in [6.07, 6.45) is 7.13. The van der Waals surface area contributed by atoms with Crippen LogP contribution in [0, 0.1) is 12.3 Å². The third-order valence-electron chi connectivity index (χ3n) is 1.04. The summed E-state index contributed by atoms with van der Waals surface area (Å²) in [7, 11) is 1.87.